The highest BCUT2D eigenvalue weighted by atomic mass is 16.5. The van der Waals surface area contributed by atoms with E-state index in [-0.39, 0.29) is 36.0 Å². The topological polar surface area (TPSA) is 97.6 Å². The molecule has 25 heavy (non-hydrogen) atoms. The van der Waals surface area contributed by atoms with Gasteiger partial charge in [0.2, 0.25) is 17.7 Å². The van der Waals surface area contributed by atoms with Crippen LogP contribution >= 0.6 is 0 Å². The number of aryl methyl sites for hydroxylation is 1. The molecule has 1 spiro atoms. The Kier molecular flexibility index (Phi) is 5.08. The van der Waals surface area contributed by atoms with Gasteiger partial charge in [0.15, 0.2) is 5.82 Å². The van der Waals surface area contributed by atoms with Crippen molar-refractivity contribution in [1.29, 1.82) is 0 Å². The molecule has 3 heterocycles. The van der Waals surface area contributed by atoms with E-state index in [1.54, 1.807) is 6.92 Å². The highest BCUT2D eigenvalue weighted by molar-refractivity contribution is 5.81. The molecule has 0 unspecified atom stereocenters. The molecule has 2 amide bonds. The smallest absolute Gasteiger partial charge is 0.249 e. The number of ether oxygens (including phenoxy) is 1. The summed E-state index contributed by atoms with van der Waals surface area (Å²) in [5, 5.41) is 6.61. The number of nitrogens with zero attached hydrogens (tertiary/aromatic N) is 3. The first-order valence-corrected chi connectivity index (χ1v) is 8.92. The molecule has 0 saturated carbocycles. The van der Waals surface area contributed by atoms with Crippen LogP contribution in [0.3, 0.4) is 0 Å². The van der Waals surface area contributed by atoms with Gasteiger partial charge < -0.3 is 19.5 Å². The molecular weight excluding hydrogens is 324 g/mol. The second-order valence-electron chi connectivity index (χ2n) is 7.28. The molecule has 8 nitrogen and oxygen atoms in total. The quantitative estimate of drug-likeness (QED) is 0.869. The number of nitrogens with one attached hydrogen (secondary N) is 1. The van der Waals surface area contributed by atoms with Gasteiger partial charge in [-0.15, -0.1) is 0 Å². The molecule has 8 heteroatoms. The van der Waals surface area contributed by atoms with Crippen molar-refractivity contribution in [2.75, 3.05) is 13.1 Å². The largest absolute Gasteiger partial charge is 0.362 e. The van der Waals surface area contributed by atoms with Crippen molar-refractivity contribution in [2.24, 2.45) is 0 Å². The molecule has 0 aliphatic carbocycles. The van der Waals surface area contributed by atoms with Gasteiger partial charge in [-0.1, -0.05) is 5.16 Å². The number of hydrogen-bond donors (Lipinski definition) is 1. The van der Waals surface area contributed by atoms with Crippen LogP contribution in [0.2, 0.25) is 0 Å². The summed E-state index contributed by atoms with van der Waals surface area (Å²) in [6, 6.07) is 0.112. The van der Waals surface area contributed by atoms with Gasteiger partial charge in [-0.3, -0.25) is 9.59 Å². The van der Waals surface area contributed by atoms with Crippen LogP contribution in [0.4, 0.5) is 0 Å². The Labute approximate surface area is 147 Å². The monoisotopic (exact) mass is 350 g/mol. The molecule has 1 N–H and O–H groups in total. The zero-order chi connectivity index (χ0) is 18.0. The summed E-state index contributed by atoms with van der Waals surface area (Å²) in [5.74, 6) is 0.846. The fourth-order valence-corrected chi connectivity index (χ4v) is 3.56. The summed E-state index contributed by atoms with van der Waals surface area (Å²) in [6.07, 6.45) is 2.89. The van der Waals surface area contributed by atoms with Crippen LogP contribution in [0, 0.1) is 6.92 Å². The molecule has 1 aromatic heterocycles. The normalized spacial score (nSPS) is 22.6. The third kappa shape index (κ3) is 4.18. The summed E-state index contributed by atoms with van der Waals surface area (Å²) in [7, 11) is 0. The number of amides is 2. The first kappa shape index (κ1) is 17.8. The van der Waals surface area contributed by atoms with Crippen molar-refractivity contribution in [3.05, 3.63) is 11.7 Å². The van der Waals surface area contributed by atoms with E-state index in [0.29, 0.717) is 24.8 Å². The van der Waals surface area contributed by atoms with E-state index in [0.717, 1.165) is 25.7 Å². The minimum atomic E-state index is -0.369. The Morgan fingerprint density at radius 3 is 2.64 bits per heavy atom. The van der Waals surface area contributed by atoms with E-state index in [4.69, 9.17) is 9.26 Å². The van der Waals surface area contributed by atoms with Crippen LogP contribution in [0.5, 0.6) is 0 Å². The lowest BCUT2D eigenvalue weighted by atomic mass is 9.88. The maximum atomic E-state index is 12.4. The molecule has 1 atom stereocenters. The summed E-state index contributed by atoms with van der Waals surface area (Å²) in [4.78, 5) is 30.4. The number of carbonyl (C=O) groups excluding carboxylic acids is 2. The number of carbonyl (C=O) groups is 2. The van der Waals surface area contributed by atoms with Crippen molar-refractivity contribution >= 4 is 11.8 Å². The Morgan fingerprint density at radius 1 is 1.32 bits per heavy atom. The van der Waals surface area contributed by atoms with E-state index < -0.39 is 0 Å². The van der Waals surface area contributed by atoms with Gasteiger partial charge in [0.25, 0.3) is 0 Å². The lowest BCUT2D eigenvalue weighted by Crippen LogP contribution is -2.48. The van der Waals surface area contributed by atoms with Crippen LogP contribution in [0.25, 0.3) is 0 Å². The average molecular weight is 350 g/mol. The van der Waals surface area contributed by atoms with E-state index in [9.17, 15) is 9.59 Å². The zero-order valence-corrected chi connectivity index (χ0v) is 15.1. The van der Waals surface area contributed by atoms with Gasteiger partial charge in [0.1, 0.15) is 12.5 Å². The fourth-order valence-electron chi connectivity index (χ4n) is 3.56. The fraction of sp³-hybridized carbons (Fsp3) is 0.765. The van der Waals surface area contributed by atoms with Crippen LogP contribution in [0.1, 0.15) is 51.2 Å². The Balaban J connectivity index is 1.50. The van der Waals surface area contributed by atoms with E-state index >= 15 is 0 Å². The minimum Gasteiger partial charge on any atom is -0.362 e. The highest BCUT2D eigenvalue weighted by Crippen LogP contribution is 2.39. The molecule has 2 aliphatic rings. The molecule has 0 radical (unpaired) electrons. The molecule has 2 fully saturated rings. The Morgan fingerprint density at radius 2 is 2.04 bits per heavy atom. The molecule has 2 saturated heterocycles. The summed E-state index contributed by atoms with van der Waals surface area (Å²) < 4.78 is 11.1. The van der Waals surface area contributed by atoms with Gasteiger partial charge in [0, 0.05) is 19.1 Å². The summed E-state index contributed by atoms with van der Waals surface area (Å²) in [5.41, 5.74) is -0.267. The second kappa shape index (κ2) is 7.11. The Bertz CT molecular complexity index is 634. The van der Waals surface area contributed by atoms with Gasteiger partial charge in [-0.2, -0.15) is 4.98 Å². The number of aromatic nitrogens is 2. The van der Waals surface area contributed by atoms with E-state index in [2.05, 4.69) is 15.5 Å². The van der Waals surface area contributed by atoms with Crippen molar-refractivity contribution in [3.63, 3.8) is 0 Å². The number of hydrogen-bond acceptors (Lipinski definition) is 6. The predicted molar refractivity (Wildman–Crippen MR) is 88.7 cm³/mol. The first-order chi connectivity index (χ1) is 11.9. The molecule has 0 bridgehead atoms. The average Bonchev–Trinajstić information content (AvgIpc) is 3.14. The lowest BCUT2D eigenvalue weighted by Gasteiger charge is -2.39. The van der Waals surface area contributed by atoms with Gasteiger partial charge in [-0.05, 0) is 46.5 Å². The van der Waals surface area contributed by atoms with Crippen molar-refractivity contribution in [3.8, 4) is 0 Å². The third-order valence-electron chi connectivity index (χ3n) is 4.88. The number of piperidine rings is 1. The van der Waals surface area contributed by atoms with Crippen LogP contribution in [0.15, 0.2) is 4.52 Å². The minimum absolute atomic E-state index is 0.00871. The van der Waals surface area contributed by atoms with Gasteiger partial charge >= 0.3 is 0 Å². The SMILES string of the molecule is Cc1noc(CC(=O)N2CCC3(CC[C@@H](C(=O)NC(C)C)O3)CC2)n1. The predicted octanol–water partition coefficient (Wildman–Crippen LogP) is 0.985. The summed E-state index contributed by atoms with van der Waals surface area (Å²) in [6.45, 7) is 6.87. The maximum Gasteiger partial charge on any atom is 0.249 e. The molecule has 2 aliphatic heterocycles. The van der Waals surface area contributed by atoms with Crippen LogP contribution in [-0.4, -0.2) is 57.7 Å². The second-order valence-corrected chi connectivity index (χ2v) is 7.28. The zero-order valence-electron chi connectivity index (χ0n) is 15.1. The van der Waals surface area contributed by atoms with Gasteiger partial charge in [0.05, 0.1) is 5.60 Å². The van der Waals surface area contributed by atoms with Crippen molar-refractivity contribution < 1.29 is 18.8 Å². The molecule has 0 aromatic carbocycles. The molecule has 1 aromatic rings. The molecule has 138 valence electrons. The third-order valence-corrected chi connectivity index (χ3v) is 4.88. The van der Waals surface area contributed by atoms with Crippen LogP contribution < -0.4 is 5.32 Å². The molecule has 3 rings (SSSR count). The van der Waals surface area contributed by atoms with E-state index in [1.807, 2.05) is 18.7 Å². The van der Waals surface area contributed by atoms with Gasteiger partial charge in [-0.25, -0.2) is 0 Å². The highest BCUT2D eigenvalue weighted by Gasteiger charge is 2.45. The standard InChI is InChI=1S/C17H26N4O4/c1-11(2)18-16(23)13-4-5-17(24-13)6-8-21(9-7-17)15(22)10-14-19-12(3)20-25-14/h11,13H,4-10H2,1-3H3,(H,18,23)/t13-/m0/s1. The van der Waals surface area contributed by atoms with Crippen molar-refractivity contribution in [1.82, 2.24) is 20.4 Å². The molecular formula is C17H26N4O4. The van der Waals surface area contributed by atoms with E-state index in [1.165, 1.54) is 0 Å². The lowest BCUT2D eigenvalue weighted by molar-refractivity contribution is -0.146. The first-order valence-electron chi connectivity index (χ1n) is 8.92. The number of likely N-dealkylation sites (tertiary alicyclic amines) is 1. The Hall–Kier alpha value is -1.96. The summed E-state index contributed by atoms with van der Waals surface area (Å²) >= 11 is 0. The maximum absolute atomic E-state index is 12.4. The number of rotatable bonds is 4. The van der Waals surface area contributed by atoms with Crippen LogP contribution in [-0.2, 0) is 20.7 Å². The van der Waals surface area contributed by atoms with Crippen molar-refractivity contribution in [2.45, 2.75) is 70.6 Å².